The van der Waals surface area contributed by atoms with Gasteiger partial charge in [0.1, 0.15) is 0 Å². The Labute approximate surface area is 232 Å². The van der Waals surface area contributed by atoms with Crippen LogP contribution < -0.4 is 40.6 Å². The SMILES string of the molecule is COc1cc(C2c3cc4c(cc3[C@@H](NC(=O)NCCCNCCCN)[C@H]3COC(=O)[C@H]23)OCO4)cc(OC)c1O. The number of nitrogens with one attached hydrogen (secondary N) is 3. The second-order valence-electron chi connectivity index (χ2n) is 10.0. The number of hydrogen-bond acceptors (Lipinski definition) is 10. The number of rotatable bonds is 11. The van der Waals surface area contributed by atoms with Crippen LogP contribution in [0.5, 0.6) is 28.7 Å². The predicted molar refractivity (Wildman–Crippen MR) is 144 cm³/mol. The summed E-state index contributed by atoms with van der Waals surface area (Å²) in [6.07, 6.45) is 1.67. The number of carbonyl (C=O) groups excluding carboxylic acids is 2. The quantitative estimate of drug-likeness (QED) is 0.204. The van der Waals surface area contributed by atoms with E-state index in [-0.39, 0.29) is 48.6 Å². The number of fused-ring (bicyclic) bond motifs is 3. The van der Waals surface area contributed by atoms with Gasteiger partial charge in [-0.3, -0.25) is 4.79 Å². The van der Waals surface area contributed by atoms with Crippen molar-refractivity contribution in [2.24, 2.45) is 17.6 Å². The van der Waals surface area contributed by atoms with Crippen LogP contribution in [0.1, 0.15) is 41.5 Å². The lowest BCUT2D eigenvalue weighted by Gasteiger charge is -2.39. The van der Waals surface area contributed by atoms with E-state index in [0.29, 0.717) is 30.2 Å². The molecule has 1 fully saturated rings. The molecular formula is C28H36N4O8. The molecule has 0 aromatic heterocycles. The average Bonchev–Trinajstić information content (AvgIpc) is 3.58. The predicted octanol–water partition coefficient (Wildman–Crippen LogP) is 1.74. The maximum absolute atomic E-state index is 13.2. The Kier molecular flexibility index (Phi) is 8.36. The van der Waals surface area contributed by atoms with Crippen LogP contribution in [0, 0.1) is 11.8 Å². The van der Waals surface area contributed by atoms with Crippen LogP contribution in [0.25, 0.3) is 0 Å². The molecule has 12 nitrogen and oxygen atoms in total. The van der Waals surface area contributed by atoms with Gasteiger partial charge < -0.3 is 50.5 Å². The molecule has 5 rings (SSSR count). The zero-order valence-electron chi connectivity index (χ0n) is 22.7. The molecule has 6 N–H and O–H groups in total. The lowest BCUT2D eigenvalue weighted by atomic mass is 9.65. The number of nitrogens with two attached hydrogens (primary N) is 1. The lowest BCUT2D eigenvalue weighted by Crippen LogP contribution is -2.46. The van der Waals surface area contributed by atoms with Crippen LogP contribution in [0.4, 0.5) is 4.79 Å². The van der Waals surface area contributed by atoms with E-state index in [1.807, 2.05) is 12.1 Å². The lowest BCUT2D eigenvalue weighted by molar-refractivity contribution is -0.141. The molecule has 2 aromatic carbocycles. The van der Waals surface area contributed by atoms with E-state index >= 15 is 0 Å². The monoisotopic (exact) mass is 556 g/mol. The van der Waals surface area contributed by atoms with Crippen molar-refractivity contribution in [3.05, 3.63) is 41.0 Å². The summed E-state index contributed by atoms with van der Waals surface area (Å²) in [6.45, 7) is 2.97. The zero-order valence-corrected chi connectivity index (χ0v) is 22.7. The Balaban J connectivity index is 1.47. The van der Waals surface area contributed by atoms with Gasteiger partial charge in [-0.05, 0) is 73.4 Å². The van der Waals surface area contributed by atoms with Crippen molar-refractivity contribution in [2.45, 2.75) is 24.8 Å². The number of urea groups is 1. The van der Waals surface area contributed by atoms with Crippen molar-refractivity contribution in [1.82, 2.24) is 16.0 Å². The number of phenols is 1. The Morgan fingerprint density at radius 1 is 1.00 bits per heavy atom. The highest BCUT2D eigenvalue weighted by atomic mass is 16.7. The van der Waals surface area contributed by atoms with Gasteiger partial charge in [-0.2, -0.15) is 0 Å². The van der Waals surface area contributed by atoms with Crippen molar-refractivity contribution in [1.29, 1.82) is 0 Å². The fourth-order valence-corrected chi connectivity index (χ4v) is 5.80. The molecule has 216 valence electrons. The van der Waals surface area contributed by atoms with Gasteiger partial charge in [0, 0.05) is 18.4 Å². The van der Waals surface area contributed by atoms with E-state index in [1.165, 1.54) is 14.2 Å². The number of aromatic hydroxyl groups is 1. The summed E-state index contributed by atoms with van der Waals surface area (Å²) >= 11 is 0. The molecule has 2 aliphatic heterocycles. The van der Waals surface area contributed by atoms with Crippen molar-refractivity contribution in [2.75, 3.05) is 53.8 Å². The third-order valence-electron chi connectivity index (χ3n) is 7.71. The van der Waals surface area contributed by atoms with Crippen LogP contribution in [0.15, 0.2) is 24.3 Å². The number of ether oxygens (including phenoxy) is 5. The first kappa shape index (κ1) is 27.7. The van der Waals surface area contributed by atoms with Gasteiger partial charge in [0.15, 0.2) is 23.0 Å². The molecule has 2 aromatic rings. The number of hydrogen-bond donors (Lipinski definition) is 5. The van der Waals surface area contributed by atoms with Gasteiger partial charge in [0.2, 0.25) is 12.5 Å². The van der Waals surface area contributed by atoms with Gasteiger partial charge in [-0.15, -0.1) is 0 Å². The fourth-order valence-electron chi connectivity index (χ4n) is 5.80. The minimum absolute atomic E-state index is 0.0799. The molecule has 1 aliphatic carbocycles. The van der Waals surface area contributed by atoms with Crippen molar-refractivity contribution < 1.29 is 38.4 Å². The van der Waals surface area contributed by atoms with Gasteiger partial charge in [0.25, 0.3) is 0 Å². The minimum atomic E-state index is -0.608. The molecule has 4 atom stereocenters. The molecule has 2 amide bonds. The number of benzene rings is 2. The average molecular weight is 557 g/mol. The topological polar surface area (TPSA) is 163 Å². The van der Waals surface area contributed by atoms with Gasteiger partial charge in [-0.25, -0.2) is 4.79 Å². The summed E-state index contributed by atoms with van der Waals surface area (Å²) in [5.41, 5.74) is 7.80. The maximum Gasteiger partial charge on any atom is 0.315 e. The van der Waals surface area contributed by atoms with Gasteiger partial charge in [0.05, 0.1) is 32.8 Å². The van der Waals surface area contributed by atoms with Gasteiger partial charge >= 0.3 is 12.0 Å². The molecular weight excluding hydrogens is 520 g/mol. The standard InChI is InChI=1S/C28H36N4O8/c1-36-21-9-15(10-22(37-2)26(21)33)23-16-11-19-20(40-14-39-19)12-17(16)25(18-13-38-27(34)24(18)23)32-28(35)31-8-4-7-30-6-3-5-29/h9-12,18,23-25,30,33H,3-8,13-14,29H2,1-2H3,(H2,31,32,35)/t18-,23?,24-,25+/m0/s1. The molecule has 1 unspecified atom stereocenters. The number of methoxy groups -OCH3 is 2. The number of amides is 2. The molecule has 0 saturated carbocycles. The van der Waals surface area contributed by atoms with E-state index in [2.05, 4.69) is 16.0 Å². The first-order chi connectivity index (χ1) is 19.5. The molecule has 0 bridgehead atoms. The van der Waals surface area contributed by atoms with E-state index in [4.69, 9.17) is 29.4 Å². The normalized spacial score (nSPS) is 22.2. The van der Waals surface area contributed by atoms with Crippen molar-refractivity contribution in [3.63, 3.8) is 0 Å². The van der Waals surface area contributed by atoms with Crippen LogP contribution in [-0.2, 0) is 9.53 Å². The Hall–Kier alpha value is -3.90. The number of phenolic OH excluding ortho intramolecular Hbond substituents is 1. The molecule has 2 heterocycles. The third-order valence-corrected chi connectivity index (χ3v) is 7.71. The third kappa shape index (κ3) is 5.28. The Morgan fingerprint density at radius 3 is 2.35 bits per heavy atom. The molecule has 1 saturated heterocycles. The van der Waals surface area contributed by atoms with Crippen molar-refractivity contribution >= 4 is 12.0 Å². The summed E-state index contributed by atoms with van der Waals surface area (Å²) in [5.74, 6) is -0.368. The summed E-state index contributed by atoms with van der Waals surface area (Å²) in [5, 5.41) is 19.8. The van der Waals surface area contributed by atoms with E-state index in [1.54, 1.807) is 12.1 Å². The largest absolute Gasteiger partial charge is 0.502 e. The minimum Gasteiger partial charge on any atom is -0.502 e. The Morgan fingerprint density at radius 2 is 1.68 bits per heavy atom. The number of cyclic esters (lactones) is 1. The summed E-state index contributed by atoms with van der Waals surface area (Å²) in [6, 6.07) is 6.27. The summed E-state index contributed by atoms with van der Waals surface area (Å²) in [4.78, 5) is 26.2. The van der Waals surface area contributed by atoms with Crippen LogP contribution >= 0.6 is 0 Å². The zero-order chi connectivity index (χ0) is 28.2. The highest BCUT2D eigenvalue weighted by Crippen LogP contribution is 2.55. The molecule has 40 heavy (non-hydrogen) atoms. The summed E-state index contributed by atoms with van der Waals surface area (Å²) in [7, 11) is 2.90. The summed E-state index contributed by atoms with van der Waals surface area (Å²) < 4.78 is 27.7. The van der Waals surface area contributed by atoms with Crippen molar-refractivity contribution in [3.8, 4) is 28.7 Å². The van der Waals surface area contributed by atoms with E-state index in [9.17, 15) is 14.7 Å². The second-order valence-corrected chi connectivity index (χ2v) is 10.0. The maximum atomic E-state index is 13.2. The highest BCUT2D eigenvalue weighted by molar-refractivity contribution is 5.80. The highest BCUT2D eigenvalue weighted by Gasteiger charge is 2.53. The number of carbonyl (C=O) groups is 2. The Bertz CT molecular complexity index is 1230. The van der Waals surface area contributed by atoms with Crippen LogP contribution in [0.2, 0.25) is 0 Å². The molecule has 0 radical (unpaired) electrons. The smallest absolute Gasteiger partial charge is 0.315 e. The molecule has 0 spiro atoms. The van der Waals surface area contributed by atoms with Crippen LogP contribution in [-0.4, -0.2) is 70.9 Å². The van der Waals surface area contributed by atoms with Crippen LogP contribution in [0.3, 0.4) is 0 Å². The first-order valence-electron chi connectivity index (χ1n) is 13.5. The molecule has 12 heteroatoms. The second kappa shape index (κ2) is 12.1. The molecule has 3 aliphatic rings. The number of esters is 1. The van der Waals surface area contributed by atoms with E-state index in [0.717, 1.165) is 37.1 Å². The van der Waals surface area contributed by atoms with E-state index < -0.39 is 17.9 Å². The fraction of sp³-hybridized carbons (Fsp3) is 0.500. The van der Waals surface area contributed by atoms with Gasteiger partial charge in [-0.1, -0.05) is 0 Å². The first-order valence-corrected chi connectivity index (χ1v) is 13.5.